The molecule has 0 bridgehead atoms. The van der Waals surface area contributed by atoms with Crippen molar-refractivity contribution in [2.24, 2.45) is 0 Å². The molecule has 0 saturated carbocycles. The summed E-state index contributed by atoms with van der Waals surface area (Å²) in [7, 11) is 1.53. The van der Waals surface area contributed by atoms with Crippen LogP contribution in [-0.2, 0) is 4.74 Å². The number of halogens is 2. The Morgan fingerprint density at radius 3 is 2.82 bits per heavy atom. The SMILES string of the molecule is COc1cc([C@H]2COCCN2)c(Br)c(Br)c1O. The van der Waals surface area contributed by atoms with Gasteiger partial charge in [-0.15, -0.1) is 0 Å². The molecular formula is C11H13Br2NO3. The van der Waals surface area contributed by atoms with Crippen LogP contribution in [-0.4, -0.2) is 32.0 Å². The second kappa shape index (κ2) is 5.56. The molecule has 0 aromatic heterocycles. The average Bonchev–Trinajstić information content (AvgIpc) is 2.37. The summed E-state index contributed by atoms with van der Waals surface area (Å²) in [5, 5.41) is 13.2. The number of ether oxygens (including phenoxy) is 2. The molecule has 17 heavy (non-hydrogen) atoms. The third-order valence-corrected chi connectivity index (χ3v) is 4.85. The molecule has 0 aliphatic carbocycles. The van der Waals surface area contributed by atoms with Crippen LogP contribution >= 0.6 is 31.9 Å². The van der Waals surface area contributed by atoms with Crippen LogP contribution in [0.5, 0.6) is 11.5 Å². The maximum atomic E-state index is 9.85. The van der Waals surface area contributed by atoms with Gasteiger partial charge in [0.2, 0.25) is 0 Å². The molecule has 1 aliphatic heterocycles. The number of benzene rings is 1. The summed E-state index contributed by atoms with van der Waals surface area (Å²) in [5.74, 6) is 0.544. The molecule has 1 atom stereocenters. The minimum atomic E-state index is 0.0971. The number of nitrogens with one attached hydrogen (secondary N) is 1. The van der Waals surface area contributed by atoms with Gasteiger partial charge in [0.05, 0.1) is 30.8 Å². The van der Waals surface area contributed by atoms with Gasteiger partial charge in [-0.2, -0.15) is 0 Å². The van der Waals surface area contributed by atoms with E-state index in [2.05, 4.69) is 37.2 Å². The predicted molar refractivity (Wildman–Crippen MR) is 71.6 cm³/mol. The Hall–Kier alpha value is -0.300. The number of rotatable bonds is 2. The molecule has 2 N–H and O–H groups in total. The fourth-order valence-corrected chi connectivity index (χ4v) is 2.79. The Bertz CT molecular complexity index is 420. The number of methoxy groups -OCH3 is 1. The van der Waals surface area contributed by atoms with E-state index in [-0.39, 0.29) is 11.8 Å². The van der Waals surface area contributed by atoms with Crippen molar-refractivity contribution in [3.8, 4) is 11.5 Å². The van der Waals surface area contributed by atoms with E-state index in [1.165, 1.54) is 7.11 Å². The smallest absolute Gasteiger partial charge is 0.173 e. The molecule has 6 heteroatoms. The molecule has 1 fully saturated rings. The molecule has 1 aromatic carbocycles. The second-order valence-electron chi connectivity index (χ2n) is 3.73. The van der Waals surface area contributed by atoms with E-state index in [4.69, 9.17) is 9.47 Å². The third kappa shape index (κ3) is 2.59. The van der Waals surface area contributed by atoms with E-state index in [1.54, 1.807) is 0 Å². The molecule has 0 radical (unpaired) electrons. The van der Waals surface area contributed by atoms with Crippen LogP contribution in [0, 0.1) is 0 Å². The first-order valence-electron chi connectivity index (χ1n) is 5.21. The van der Waals surface area contributed by atoms with Gasteiger partial charge in [-0.25, -0.2) is 0 Å². The first-order chi connectivity index (χ1) is 8.15. The first kappa shape index (κ1) is 13.1. The van der Waals surface area contributed by atoms with Crippen molar-refractivity contribution in [2.45, 2.75) is 6.04 Å². The first-order valence-corrected chi connectivity index (χ1v) is 6.79. The van der Waals surface area contributed by atoms with Gasteiger partial charge in [-0.1, -0.05) is 0 Å². The Morgan fingerprint density at radius 1 is 1.47 bits per heavy atom. The van der Waals surface area contributed by atoms with Crippen LogP contribution in [0.15, 0.2) is 15.0 Å². The quantitative estimate of drug-likeness (QED) is 0.844. The minimum Gasteiger partial charge on any atom is -0.503 e. The van der Waals surface area contributed by atoms with Gasteiger partial charge >= 0.3 is 0 Å². The van der Waals surface area contributed by atoms with Gasteiger partial charge in [-0.3, -0.25) is 0 Å². The molecule has 94 valence electrons. The van der Waals surface area contributed by atoms with Gasteiger partial charge in [0.1, 0.15) is 0 Å². The molecule has 0 spiro atoms. The van der Waals surface area contributed by atoms with Crippen molar-refractivity contribution in [1.82, 2.24) is 5.32 Å². The minimum absolute atomic E-state index is 0.0971. The largest absolute Gasteiger partial charge is 0.503 e. The highest BCUT2D eigenvalue weighted by Crippen LogP contribution is 2.43. The fraction of sp³-hybridized carbons (Fsp3) is 0.455. The Labute approximate surface area is 117 Å². The number of phenols is 1. The van der Waals surface area contributed by atoms with Crippen LogP contribution in [0.4, 0.5) is 0 Å². The van der Waals surface area contributed by atoms with Crippen molar-refractivity contribution in [3.63, 3.8) is 0 Å². The zero-order chi connectivity index (χ0) is 12.4. The van der Waals surface area contributed by atoms with Gasteiger partial charge in [0, 0.05) is 11.0 Å². The Morgan fingerprint density at radius 2 is 2.24 bits per heavy atom. The van der Waals surface area contributed by atoms with Gasteiger partial charge in [0.25, 0.3) is 0 Å². The molecule has 1 aliphatic rings. The standard InChI is InChI=1S/C11H13Br2NO3/c1-16-8-4-6(7-5-17-3-2-14-7)9(12)10(13)11(8)15/h4,7,14-15H,2-3,5H2,1H3/t7-/m1/s1. The number of hydrogen-bond acceptors (Lipinski definition) is 4. The third-order valence-electron chi connectivity index (χ3n) is 2.69. The van der Waals surface area contributed by atoms with Gasteiger partial charge in [0.15, 0.2) is 11.5 Å². The van der Waals surface area contributed by atoms with E-state index >= 15 is 0 Å². The topological polar surface area (TPSA) is 50.7 Å². The summed E-state index contributed by atoms with van der Waals surface area (Å²) in [6.45, 7) is 2.15. The summed E-state index contributed by atoms with van der Waals surface area (Å²) in [6, 6.07) is 1.92. The summed E-state index contributed by atoms with van der Waals surface area (Å²) >= 11 is 6.81. The molecule has 0 amide bonds. The zero-order valence-electron chi connectivity index (χ0n) is 9.30. The van der Waals surface area contributed by atoms with Crippen LogP contribution in [0.25, 0.3) is 0 Å². The molecule has 2 rings (SSSR count). The number of morpholine rings is 1. The normalized spacial score (nSPS) is 20.3. The predicted octanol–water partition coefficient (Wildman–Crippen LogP) is 2.59. The highest BCUT2D eigenvalue weighted by Gasteiger charge is 2.22. The van der Waals surface area contributed by atoms with Crippen molar-refractivity contribution in [2.75, 3.05) is 26.9 Å². The van der Waals surface area contributed by atoms with Crippen LogP contribution in [0.2, 0.25) is 0 Å². The number of aromatic hydroxyl groups is 1. The fourth-order valence-electron chi connectivity index (χ4n) is 1.79. The Balaban J connectivity index is 2.42. The zero-order valence-corrected chi connectivity index (χ0v) is 12.5. The lowest BCUT2D eigenvalue weighted by Crippen LogP contribution is -2.34. The van der Waals surface area contributed by atoms with Gasteiger partial charge < -0.3 is 19.9 Å². The molecule has 4 nitrogen and oxygen atoms in total. The summed E-state index contributed by atoms with van der Waals surface area (Å²) in [5.41, 5.74) is 1.01. The van der Waals surface area contributed by atoms with E-state index in [0.717, 1.165) is 23.2 Å². The summed E-state index contributed by atoms with van der Waals surface area (Å²) in [6.07, 6.45) is 0. The summed E-state index contributed by atoms with van der Waals surface area (Å²) < 4.78 is 12.0. The lowest BCUT2D eigenvalue weighted by atomic mass is 10.1. The lowest BCUT2D eigenvalue weighted by Gasteiger charge is -2.26. The molecule has 1 saturated heterocycles. The second-order valence-corrected chi connectivity index (χ2v) is 5.31. The van der Waals surface area contributed by atoms with Crippen molar-refractivity contribution < 1.29 is 14.6 Å². The van der Waals surface area contributed by atoms with Crippen molar-refractivity contribution in [1.29, 1.82) is 0 Å². The molecule has 0 unspecified atom stereocenters. The highest BCUT2D eigenvalue weighted by atomic mass is 79.9. The van der Waals surface area contributed by atoms with Crippen LogP contribution in [0.3, 0.4) is 0 Å². The van der Waals surface area contributed by atoms with Crippen molar-refractivity contribution >= 4 is 31.9 Å². The Kier molecular flexibility index (Phi) is 4.30. The molecule has 1 aromatic rings. The van der Waals surface area contributed by atoms with E-state index in [9.17, 15) is 5.11 Å². The van der Waals surface area contributed by atoms with Crippen LogP contribution < -0.4 is 10.1 Å². The summed E-state index contributed by atoms with van der Waals surface area (Å²) in [4.78, 5) is 0. The van der Waals surface area contributed by atoms with Crippen molar-refractivity contribution in [3.05, 3.63) is 20.6 Å². The van der Waals surface area contributed by atoms with Crippen LogP contribution in [0.1, 0.15) is 11.6 Å². The lowest BCUT2D eigenvalue weighted by molar-refractivity contribution is 0.0765. The maximum absolute atomic E-state index is 9.85. The molecular weight excluding hydrogens is 354 g/mol. The van der Waals surface area contributed by atoms with E-state index in [1.807, 2.05) is 6.07 Å². The monoisotopic (exact) mass is 365 g/mol. The maximum Gasteiger partial charge on any atom is 0.173 e. The van der Waals surface area contributed by atoms with Gasteiger partial charge in [-0.05, 0) is 43.5 Å². The number of hydrogen-bond donors (Lipinski definition) is 2. The van der Waals surface area contributed by atoms with E-state index in [0.29, 0.717) is 16.8 Å². The average molecular weight is 367 g/mol. The number of phenolic OH excluding ortho intramolecular Hbond substituents is 1. The van der Waals surface area contributed by atoms with E-state index < -0.39 is 0 Å². The molecule has 1 heterocycles. The highest BCUT2D eigenvalue weighted by molar-refractivity contribution is 9.13.